The molecule has 0 saturated carbocycles. The van der Waals surface area contributed by atoms with Crippen molar-refractivity contribution in [3.63, 3.8) is 0 Å². The van der Waals surface area contributed by atoms with Gasteiger partial charge in [0.2, 0.25) is 0 Å². The van der Waals surface area contributed by atoms with Crippen molar-refractivity contribution in [2.75, 3.05) is 0 Å². The largest absolute Gasteiger partial charge is 0.662 e. The average Bonchev–Trinajstić information content (AvgIpc) is 2.79. The van der Waals surface area contributed by atoms with E-state index in [1.165, 1.54) is 0 Å². The van der Waals surface area contributed by atoms with Crippen LogP contribution >= 0.6 is 0 Å². The van der Waals surface area contributed by atoms with Gasteiger partial charge in [-0.3, -0.25) is 0 Å². The van der Waals surface area contributed by atoms with Gasteiger partial charge in [0, 0.05) is 17.1 Å². The van der Waals surface area contributed by atoms with Crippen LogP contribution < -0.4 is 20.9 Å². The van der Waals surface area contributed by atoms with Crippen LogP contribution in [0.3, 0.4) is 0 Å². The van der Waals surface area contributed by atoms with Gasteiger partial charge in [0.1, 0.15) is 0 Å². The zero-order valence-corrected chi connectivity index (χ0v) is 20.0. The van der Waals surface area contributed by atoms with E-state index in [1.807, 2.05) is 52.0 Å². The molecule has 0 N–H and O–H groups in total. The molecule has 2 aromatic carbocycles. The fourth-order valence-corrected chi connectivity index (χ4v) is 3.93. The summed E-state index contributed by atoms with van der Waals surface area (Å²) in [6, 6.07) is 8.39. The van der Waals surface area contributed by atoms with Gasteiger partial charge in [-0.05, 0) is 20.9 Å². The van der Waals surface area contributed by atoms with Crippen molar-refractivity contribution in [2.24, 2.45) is 0 Å². The maximum absolute atomic E-state index is 4.58. The summed E-state index contributed by atoms with van der Waals surface area (Å²) in [6.07, 6.45) is 16.5. The summed E-state index contributed by atoms with van der Waals surface area (Å²) in [7, 11) is 0. The van der Waals surface area contributed by atoms with E-state index < -0.39 is 0 Å². The molecule has 171 valence electrons. The Hall–Kier alpha value is -3.40. The van der Waals surface area contributed by atoms with E-state index in [0.29, 0.717) is 0 Å². The number of hydrogen-bond acceptors (Lipinski definition) is 0. The molecule has 0 unspecified atom stereocenters. The number of nitrogens with zero attached hydrogens (tertiary/aromatic N) is 4. The minimum Gasteiger partial charge on any atom is -0.662 e. The monoisotopic (exact) mass is 479 g/mol. The van der Waals surface area contributed by atoms with Gasteiger partial charge in [0.15, 0.2) is 0 Å². The smallest absolute Gasteiger partial charge is 0 e. The molecule has 0 fully saturated rings. The maximum atomic E-state index is 4.58. The second kappa shape index (κ2) is 9.22. The first kappa shape index (κ1) is 22.8. The van der Waals surface area contributed by atoms with Crippen LogP contribution in [-0.4, -0.2) is 0 Å². The van der Waals surface area contributed by atoms with Crippen molar-refractivity contribution in [2.45, 2.75) is 27.7 Å². The predicted octanol–water partition coefficient (Wildman–Crippen LogP) is 6.18. The third-order valence-electron chi connectivity index (χ3n) is 5.60. The van der Waals surface area contributed by atoms with E-state index in [9.17, 15) is 0 Å². The Morgan fingerprint density at radius 3 is 0.788 bits per heavy atom. The molecule has 4 aliphatic heterocycles. The first-order chi connectivity index (χ1) is 15.5. The Morgan fingerprint density at radius 1 is 0.364 bits per heavy atom. The van der Waals surface area contributed by atoms with E-state index in [2.05, 4.69) is 69.8 Å². The first-order valence-electron chi connectivity index (χ1n) is 10.8. The van der Waals surface area contributed by atoms with Gasteiger partial charge in [-0.15, -0.1) is 22.7 Å². The van der Waals surface area contributed by atoms with Gasteiger partial charge in [0.05, 0.1) is 0 Å². The standard InChI is InChI=1S/2C14H12N2.Cu/c2*1-9-3-5-11-7-8-12-6-4-10(2)16-14(12)13(11)15-9;/h2*3-8H,1-2H3;/q2*-2;. The van der Waals surface area contributed by atoms with Crippen LogP contribution in [0.25, 0.3) is 45.6 Å². The van der Waals surface area contributed by atoms with E-state index in [1.54, 1.807) is 0 Å². The van der Waals surface area contributed by atoms with Crippen molar-refractivity contribution in [3.05, 3.63) is 113 Å². The van der Waals surface area contributed by atoms with E-state index >= 15 is 0 Å². The molecule has 0 aromatic heterocycles. The topological polar surface area (TPSA) is 56.4 Å². The van der Waals surface area contributed by atoms with Crippen molar-refractivity contribution in [1.82, 2.24) is 0 Å². The summed E-state index contributed by atoms with van der Waals surface area (Å²) >= 11 is 0. The molecule has 0 spiro atoms. The average molecular weight is 480 g/mol. The second-order valence-corrected chi connectivity index (χ2v) is 8.23. The summed E-state index contributed by atoms with van der Waals surface area (Å²) in [4.78, 5) is 0. The van der Waals surface area contributed by atoms with Crippen LogP contribution in [0.1, 0.15) is 27.7 Å². The third kappa shape index (κ3) is 4.56. The summed E-state index contributed by atoms with van der Waals surface area (Å²) in [5.41, 5.74) is 8.13. The molecule has 6 rings (SSSR count). The molecule has 0 amide bonds. The molecule has 4 aliphatic rings. The van der Waals surface area contributed by atoms with Crippen LogP contribution in [0.2, 0.25) is 0 Å². The fraction of sp³-hybridized carbons (Fsp3) is 0.143. The number of allylic oxidation sites excluding steroid dienone is 8. The van der Waals surface area contributed by atoms with E-state index in [4.69, 9.17) is 0 Å². The summed E-state index contributed by atoms with van der Waals surface area (Å²) in [5.74, 6) is 0. The first-order valence-corrected chi connectivity index (χ1v) is 10.8. The van der Waals surface area contributed by atoms with Crippen molar-refractivity contribution in [3.8, 4) is 0 Å². The molecular weight excluding hydrogens is 456 g/mol. The Morgan fingerprint density at radius 2 is 0.576 bits per heavy atom. The Bertz CT molecular complexity index is 1270. The Balaban J connectivity index is 0.000000152. The number of rotatable bonds is 0. The quantitative estimate of drug-likeness (QED) is 0.405. The Labute approximate surface area is 205 Å². The molecular formula is C28H24CuN4-4. The number of benzene rings is 2. The summed E-state index contributed by atoms with van der Waals surface area (Å²) in [6.45, 7) is 8.03. The van der Waals surface area contributed by atoms with Crippen LogP contribution in [0, 0.1) is 0 Å². The van der Waals surface area contributed by atoms with Crippen LogP contribution in [-0.2, 0) is 17.1 Å². The zero-order chi connectivity index (χ0) is 22.2. The molecule has 0 saturated heterocycles. The summed E-state index contributed by atoms with van der Waals surface area (Å²) < 4.78 is 0. The fourth-order valence-electron chi connectivity index (χ4n) is 3.93. The molecule has 4 nitrogen and oxygen atoms in total. The minimum absolute atomic E-state index is 0. The van der Waals surface area contributed by atoms with Crippen molar-refractivity contribution >= 4 is 47.1 Å². The Kier molecular flexibility index (Phi) is 6.37. The molecule has 33 heavy (non-hydrogen) atoms. The van der Waals surface area contributed by atoms with Gasteiger partial charge < -0.3 is 21.3 Å². The second-order valence-electron chi connectivity index (χ2n) is 8.23. The van der Waals surface area contributed by atoms with E-state index in [-0.39, 0.29) is 17.1 Å². The van der Waals surface area contributed by atoms with Gasteiger partial charge in [-0.2, -0.15) is 22.8 Å². The molecule has 4 heterocycles. The van der Waals surface area contributed by atoms with Gasteiger partial charge in [-0.1, -0.05) is 101 Å². The molecule has 0 bridgehead atoms. The van der Waals surface area contributed by atoms with Gasteiger partial charge in [0.25, 0.3) is 0 Å². The molecule has 2 aromatic rings. The van der Waals surface area contributed by atoms with Gasteiger partial charge >= 0.3 is 0 Å². The SMILES string of the molecule is CC1=CC=c2ccc3c(c2[N-]1)[N-]C(C)=CC=3.CC1=CC=c2ccc3c(c2[N-]1)[N-]C(C)=CC=3.[Cu]. The molecule has 0 aliphatic carbocycles. The molecule has 0 atom stereocenters. The number of hydrogen-bond donors (Lipinski definition) is 0. The third-order valence-corrected chi connectivity index (χ3v) is 5.60. The molecule has 5 heteroatoms. The predicted molar refractivity (Wildman–Crippen MR) is 136 cm³/mol. The van der Waals surface area contributed by atoms with Crippen molar-refractivity contribution in [1.29, 1.82) is 0 Å². The van der Waals surface area contributed by atoms with E-state index in [0.717, 1.165) is 66.4 Å². The zero-order valence-electron chi connectivity index (χ0n) is 19.0. The number of fused-ring (bicyclic) bond motifs is 6. The molecule has 1 radical (unpaired) electrons. The maximum Gasteiger partial charge on any atom is 0 e. The van der Waals surface area contributed by atoms with Crippen LogP contribution in [0.5, 0.6) is 0 Å². The summed E-state index contributed by atoms with van der Waals surface area (Å²) in [5, 5.41) is 22.9. The van der Waals surface area contributed by atoms with Crippen molar-refractivity contribution < 1.29 is 17.1 Å². The normalized spacial score (nSPS) is 15.9. The minimum atomic E-state index is 0. The van der Waals surface area contributed by atoms with Crippen LogP contribution in [0.4, 0.5) is 22.7 Å². The van der Waals surface area contributed by atoms with Crippen LogP contribution in [0.15, 0.2) is 71.4 Å². The van der Waals surface area contributed by atoms with Gasteiger partial charge in [-0.25, -0.2) is 0 Å².